The van der Waals surface area contributed by atoms with E-state index in [1.807, 2.05) is 0 Å². The summed E-state index contributed by atoms with van der Waals surface area (Å²) >= 11 is 6.03. The lowest BCUT2D eigenvalue weighted by molar-refractivity contribution is -0.0854. The maximum absolute atomic E-state index is 12.2. The predicted molar refractivity (Wildman–Crippen MR) is 122 cm³/mol. The molecule has 3 aromatic rings. The molecule has 1 saturated carbocycles. The second-order valence-corrected chi connectivity index (χ2v) is 9.93. The van der Waals surface area contributed by atoms with E-state index in [0.717, 1.165) is 0 Å². The van der Waals surface area contributed by atoms with Gasteiger partial charge in [0.15, 0.2) is 11.7 Å². The van der Waals surface area contributed by atoms with E-state index in [4.69, 9.17) is 31.9 Å². The first kappa shape index (κ1) is 23.2. The number of rotatable bonds is 5. The third kappa shape index (κ3) is 4.88. The van der Waals surface area contributed by atoms with Gasteiger partial charge >= 0.3 is 6.03 Å². The van der Waals surface area contributed by atoms with Crippen LogP contribution in [0.25, 0.3) is 22.6 Å². The SMILES string of the molecule is NC(=O)N(O)C1CCC(c2nc(-c3ccc(Cl)cc3)c(-c3ccccc3S(N)(=O)=O)o2)CC1. The summed E-state index contributed by atoms with van der Waals surface area (Å²) in [6, 6.07) is 12.1. The lowest BCUT2D eigenvalue weighted by Crippen LogP contribution is -2.42. The second kappa shape index (κ2) is 9.14. The number of primary amides is 1. The summed E-state index contributed by atoms with van der Waals surface area (Å²) in [5, 5.41) is 16.4. The minimum Gasteiger partial charge on any atom is -0.440 e. The van der Waals surface area contributed by atoms with Gasteiger partial charge in [0.05, 0.1) is 10.9 Å². The number of halogens is 1. The number of sulfonamides is 1. The quantitative estimate of drug-likeness (QED) is 0.361. The van der Waals surface area contributed by atoms with E-state index in [0.29, 0.717) is 64.2 Å². The van der Waals surface area contributed by atoms with Crippen LogP contribution in [0.2, 0.25) is 5.02 Å². The number of carbonyl (C=O) groups excluding carboxylic acids is 1. The van der Waals surface area contributed by atoms with E-state index < -0.39 is 16.1 Å². The Balaban J connectivity index is 1.75. The minimum absolute atomic E-state index is 0.0657. The van der Waals surface area contributed by atoms with Crippen molar-refractivity contribution in [2.45, 2.75) is 42.5 Å². The minimum atomic E-state index is -4.01. The van der Waals surface area contributed by atoms with Crippen LogP contribution in [0.1, 0.15) is 37.5 Å². The van der Waals surface area contributed by atoms with Gasteiger partial charge in [-0.2, -0.15) is 0 Å². The fourth-order valence-electron chi connectivity index (χ4n) is 4.15. The molecule has 0 spiro atoms. The summed E-state index contributed by atoms with van der Waals surface area (Å²) in [4.78, 5) is 15.9. The molecule has 0 radical (unpaired) electrons. The van der Waals surface area contributed by atoms with Crippen LogP contribution in [0, 0.1) is 0 Å². The average molecular weight is 491 g/mol. The Labute approximate surface area is 196 Å². The van der Waals surface area contributed by atoms with Crippen molar-refractivity contribution in [1.82, 2.24) is 10.0 Å². The highest BCUT2D eigenvalue weighted by atomic mass is 35.5. The fourth-order valence-corrected chi connectivity index (χ4v) is 5.01. The standard InChI is InChI=1S/C22H23ClN4O5S/c23-15-9-5-13(6-10-15)19-20(17-3-1-2-4-18(17)33(25,30)31)32-21(26-19)14-7-11-16(12-8-14)27(29)22(24)28/h1-6,9-10,14,16,29H,7-8,11-12H2,(H2,24,28)(H2,25,30,31). The van der Waals surface area contributed by atoms with Crippen LogP contribution in [0.3, 0.4) is 0 Å². The van der Waals surface area contributed by atoms with Crippen LogP contribution in [0.5, 0.6) is 0 Å². The van der Waals surface area contributed by atoms with E-state index in [2.05, 4.69) is 0 Å². The van der Waals surface area contributed by atoms with Gasteiger partial charge in [-0.3, -0.25) is 5.21 Å². The van der Waals surface area contributed by atoms with Gasteiger partial charge in [-0.05, 0) is 49.9 Å². The maximum Gasteiger partial charge on any atom is 0.338 e. The van der Waals surface area contributed by atoms with Crippen LogP contribution in [0.15, 0.2) is 57.8 Å². The van der Waals surface area contributed by atoms with Crippen molar-refractivity contribution in [1.29, 1.82) is 0 Å². The molecule has 1 aliphatic carbocycles. The molecule has 2 aromatic carbocycles. The highest BCUT2D eigenvalue weighted by molar-refractivity contribution is 7.89. The molecule has 0 bridgehead atoms. The smallest absolute Gasteiger partial charge is 0.338 e. The molecule has 1 aliphatic rings. The van der Waals surface area contributed by atoms with Crippen molar-refractivity contribution >= 4 is 27.7 Å². The molecule has 1 aromatic heterocycles. The van der Waals surface area contributed by atoms with Gasteiger partial charge in [-0.15, -0.1) is 0 Å². The molecule has 9 nitrogen and oxygen atoms in total. The molecule has 0 unspecified atom stereocenters. The Morgan fingerprint density at radius 2 is 1.73 bits per heavy atom. The molecule has 174 valence electrons. The number of benzene rings is 2. The Morgan fingerprint density at radius 1 is 1.09 bits per heavy atom. The molecule has 33 heavy (non-hydrogen) atoms. The van der Waals surface area contributed by atoms with Crippen molar-refractivity contribution < 1.29 is 22.8 Å². The van der Waals surface area contributed by atoms with Crippen molar-refractivity contribution in [3.05, 3.63) is 59.4 Å². The van der Waals surface area contributed by atoms with E-state index in [9.17, 15) is 18.4 Å². The van der Waals surface area contributed by atoms with Crippen molar-refractivity contribution in [3.63, 3.8) is 0 Å². The zero-order chi connectivity index (χ0) is 23.8. The predicted octanol–water partition coefficient (Wildman–Crippen LogP) is 4.11. The Morgan fingerprint density at radius 3 is 2.33 bits per heavy atom. The Bertz CT molecular complexity index is 1270. The van der Waals surface area contributed by atoms with Crippen molar-refractivity contribution in [2.24, 2.45) is 10.9 Å². The van der Waals surface area contributed by atoms with Gasteiger partial charge in [-0.1, -0.05) is 35.9 Å². The average Bonchev–Trinajstić information content (AvgIpc) is 3.24. The normalized spacial score (nSPS) is 18.8. The fraction of sp³-hybridized carbons (Fsp3) is 0.273. The molecule has 1 fully saturated rings. The van der Waals surface area contributed by atoms with E-state index in [1.165, 1.54) is 6.07 Å². The van der Waals surface area contributed by atoms with Crippen LogP contribution < -0.4 is 10.9 Å². The van der Waals surface area contributed by atoms with Gasteiger partial charge in [-0.25, -0.2) is 28.4 Å². The third-order valence-corrected chi connectivity index (χ3v) is 7.04. The number of nitrogens with zero attached hydrogens (tertiary/aromatic N) is 2. The molecule has 4 rings (SSSR count). The number of aromatic nitrogens is 1. The van der Waals surface area contributed by atoms with Gasteiger partial charge in [0, 0.05) is 22.1 Å². The van der Waals surface area contributed by atoms with Crippen molar-refractivity contribution in [2.75, 3.05) is 0 Å². The monoisotopic (exact) mass is 490 g/mol. The number of amides is 2. The number of urea groups is 1. The third-order valence-electron chi connectivity index (χ3n) is 5.82. The zero-order valence-electron chi connectivity index (χ0n) is 17.5. The molecule has 0 aliphatic heterocycles. The Hall–Kier alpha value is -2.92. The van der Waals surface area contributed by atoms with E-state index in [-0.39, 0.29) is 16.9 Å². The maximum atomic E-state index is 12.2. The highest BCUT2D eigenvalue weighted by Crippen LogP contribution is 2.41. The number of primary sulfonamides is 1. The van der Waals surface area contributed by atoms with Crippen LogP contribution >= 0.6 is 11.6 Å². The first-order valence-electron chi connectivity index (χ1n) is 10.3. The summed E-state index contributed by atoms with van der Waals surface area (Å²) < 4.78 is 30.6. The lowest BCUT2D eigenvalue weighted by Gasteiger charge is -2.30. The molecular formula is C22H23ClN4O5S. The number of carbonyl (C=O) groups is 1. The number of hydrogen-bond donors (Lipinski definition) is 3. The zero-order valence-corrected chi connectivity index (χ0v) is 19.1. The van der Waals surface area contributed by atoms with Gasteiger partial charge in [0.1, 0.15) is 5.69 Å². The molecule has 0 atom stereocenters. The Kier molecular flexibility index (Phi) is 6.44. The van der Waals surface area contributed by atoms with Crippen molar-refractivity contribution in [3.8, 4) is 22.6 Å². The molecule has 2 amide bonds. The summed E-state index contributed by atoms with van der Waals surface area (Å²) in [6.07, 6.45) is 2.25. The number of nitrogens with two attached hydrogens (primary N) is 2. The molecule has 5 N–H and O–H groups in total. The summed E-state index contributed by atoms with van der Waals surface area (Å²) in [5.74, 6) is 0.658. The summed E-state index contributed by atoms with van der Waals surface area (Å²) in [5.41, 5.74) is 6.65. The van der Waals surface area contributed by atoms with Crippen LogP contribution in [-0.4, -0.2) is 35.7 Å². The van der Waals surface area contributed by atoms with E-state index in [1.54, 1.807) is 42.5 Å². The van der Waals surface area contributed by atoms with E-state index >= 15 is 0 Å². The first-order valence-corrected chi connectivity index (χ1v) is 12.2. The van der Waals surface area contributed by atoms with Crippen LogP contribution in [0.4, 0.5) is 4.79 Å². The first-order chi connectivity index (χ1) is 15.6. The highest BCUT2D eigenvalue weighted by Gasteiger charge is 2.32. The topological polar surface area (TPSA) is 153 Å². The molecule has 1 heterocycles. The van der Waals surface area contributed by atoms with Gasteiger partial charge in [0.25, 0.3) is 0 Å². The second-order valence-electron chi connectivity index (χ2n) is 7.97. The summed E-state index contributed by atoms with van der Waals surface area (Å²) in [6.45, 7) is 0. The van der Waals surface area contributed by atoms with Crippen LogP contribution in [-0.2, 0) is 10.0 Å². The molecule has 11 heteroatoms. The number of hydrogen-bond acceptors (Lipinski definition) is 6. The number of oxazole rings is 1. The largest absolute Gasteiger partial charge is 0.440 e. The molecular weight excluding hydrogens is 468 g/mol. The molecule has 0 saturated heterocycles. The van der Waals surface area contributed by atoms with Gasteiger partial charge < -0.3 is 10.2 Å². The lowest BCUT2D eigenvalue weighted by atomic mass is 9.86. The van der Waals surface area contributed by atoms with Gasteiger partial charge in [0.2, 0.25) is 10.0 Å². The number of hydroxylamine groups is 2. The summed E-state index contributed by atoms with van der Waals surface area (Å²) in [7, 11) is -4.01.